The predicted octanol–water partition coefficient (Wildman–Crippen LogP) is 1.59. The van der Waals surface area contributed by atoms with Gasteiger partial charge in [-0.3, -0.25) is 4.79 Å². The molecule has 0 bridgehead atoms. The molecule has 1 aromatic rings. The number of carbonyl (C=O) groups is 1. The topological polar surface area (TPSA) is 64.3 Å². The molecule has 0 aliphatic carbocycles. The lowest BCUT2D eigenvalue weighted by atomic mass is 10.0. The third-order valence-electron chi connectivity index (χ3n) is 2.95. The molecule has 4 heteroatoms. The van der Waals surface area contributed by atoms with Gasteiger partial charge in [0, 0.05) is 12.2 Å². The third kappa shape index (κ3) is 1.50. The Morgan fingerprint density at radius 1 is 1.62 bits per heavy atom. The van der Waals surface area contributed by atoms with Gasteiger partial charge in [0.15, 0.2) is 0 Å². The van der Waals surface area contributed by atoms with Crippen LogP contribution in [0.1, 0.15) is 18.4 Å². The summed E-state index contributed by atoms with van der Waals surface area (Å²) < 4.78 is 0. The molecule has 0 amide bonds. The van der Waals surface area contributed by atoms with E-state index in [-0.39, 0.29) is 6.04 Å². The number of carboxylic acid groups (broad SMARTS) is 1. The Kier molecular flexibility index (Phi) is 2.53. The van der Waals surface area contributed by atoms with Gasteiger partial charge < -0.3 is 10.0 Å². The van der Waals surface area contributed by atoms with Crippen LogP contribution in [0.15, 0.2) is 24.3 Å². The van der Waals surface area contributed by atoms with Crippen LogP contribution in [0.3, 0.4) is 0 Å². The van der Waals surface area contributed by atoms with Crippen LogP contribution in [-0.4, -0.2) is 23.7 Å². The second-order valence-corrected chi connectivity index (χ2v) is 3.91. The van der Waals surface area contributed by atoms with E-state index in [0.29, 0.717) is 6.54 Å². The molecule has 1 aliphatic rings. The zero-order valence-electron chi connectivity index (χ0n) is 8.92. The molecule has 16 heavy (non-hydrogen) atoms. The van der Waals surface area contributed by atoms with Crippen LogP contribution in [0.5, 0.6) is 0 Å². The van der Waals surface area contributed by atoms with Crippen molar-refractivity contribution in [1.29, 1.82) is 5.26 Å². The van der Waals surface area contributed by atoms with E-state index in [0.717, 1.165) is 11.3 Å². The summed E-state index contributed by atoms with van der Waals surface area (Å²) in [6, 6.07) is 9.21. The van der Waals surface area contributed by atoms with Crippen LogP contribution < -0.4 is 4.90 Å². The normalized spacial score (nSPS) is 20.0. The fourth-order valence-electron chi connectivity index (χ4n) is 2.08. The fraction of sp³-hybridized carbons (Fsp3) is 0.333. The monoisotopic (exact) mass is 216 g/mol. The number of carboxylic acids is 1. The fourth-order valence-corrected chi connectivity index (χ4v) is 2.08. The lowest BCUT2D eigenvalue weighted by Gasteiger charge is -2.21. The number of anilines is 1. The largest absolute Gasteiger partial charge is 0.481 e. The van der Waals surface area contributed by atoms with E-state index in [1.54, 1.807) is 6.92 Å². The molecule has 0 aromatic heterocycles. The number of aliphatic carboxylic acids is 1. The molecule has 1 heterocycles. The van der Waals surface area contributed by atoms with E-state index in [1.807, 2.05) is 29.2 Å². The average Bonchev–Trinajstić information content (AvgIpc) is 2.67. The van der Waals surface area contributed by atoms with Crippen molar-refractivity contribution in [3.63, 3.8) is 0 Å². The van der Waals surface area contributed by atoms with Crippen molar-refractivity contribution in [1.82, 2.24) is 0 Å². The number of fused-ring (bicyclic) bond motifs is 1. The van der Waals surface area contributed by atoms with Crippen LogP contribution in [-0.2, 0) is 4.79 Å². The van der Waals surface area contributed by atoms with Crippen molar-refractivity contribution in [2.24, 2.45) is 0 Å². The first-order valence-corrected chi connectivity index (χ1v) is 5.13. The first-order chi connectivity index (χ1) is 7.65. The van der Waals surface area contributed by atoms with Crippen LogP contribution in [0.2, 0.25) is 0 Å². The van der Waals surface area contributed by atoms with Gasteiger partial charge in [-0.15, -0.1) is 0 Å². The average molecular weight is 216 g/mol. The summed E-state index contributed by atoms with van der Waals surface area (Å²) in [5.74, 6) is -1.35. The Bertz CT molecular complexity index is 464. The number of nitrogens with zero attached hydrogens (tertiary/aromatic N) is 2. The minimum atomic E-state index is -0.833. The molecule has 2 atom stereocenters. The van der Waals surface area contributed by atoms with Gasteiger partial charge in [-0.05, 0) is 18.6 Å². The maximum absolute atomic E-state index is 11.1. The summed E-state index contributed by atoms with van der Waals surface area (Å²) in [6.07, 6.45) is 0. The highest BCUT2D eigenvalue weighted by atomic mass is 16.4. The molecule has 4 nitrogen and oxygen atoms in total. The van der Waals surface area contributed by atoms with Crippen molar-refractivity contribution in [3.05, 3.63) is 29.8 Å². The minimum Gasteiger partial charge on any atom is -0.481 e. The van der Waals surface area contributed by atoms with Gasteiger partial charge in [0.05, 0.1) is 6.07 Å². The van der Waals surface area contributed by atoms with Gasteiger partial charge in [0.2, 0.25) is 0 Å². The molecule has 2 unspecified atom stereocenters. The Hall–Kier alpha value is -2.02. The summed E-state index contributed by atoms with van der Waals surface area (Å²) in [7, 11) is 0. The highest BCUT2D eigenvalue weighted by Gasteiger charge is 2.35. The van der Waals surface area contributed by atoms with Gasteiger partial charge in [0.25, 0.3) is 0 Å². The second-order valence-electron chi connectivity index (χ2n) is 3.91. The molecule has 1 aromatic carbocycles. The molecule has 1 N–H and O–H groups in total. The minimum absolute atomic E-state index is 0.300. The number of para-hydroxylation sites is 1. The Balaban J connectivity index is 2.44. The van der Waals surface area contributed by atoms with Crippen molar-refractivity contribution < 1.29 is 9.90 Å². The number of benzene rings is 1. The summed E-state index contributed by atoms with van der Waals surface area (Å²) >= 11 is 0. The van der Waals surface area contributed by atoms with Crippen molar-refractivity contribution in [3.8, 4) is 6.07 Å². The van der Waals surface area contributed by atoms with Crippen molar-refractivity contribution in [2.75, 3.05) is 11.4 Å². The molecule has 0 saturated carbocycles. The molecule has 2 rings (SSSR count). The van der Waals surface area contributed by atoms with Gasteiger partial charge >= 0.3 is 5.97 Å². The Morgan fingerprint density at radius 3 is 2.94 bits per heavy atom. The standard InChI is InChI=1S/C12H12N2O2/c1-8(6-13)14-7-10(12(15)16)9-4-2-3-5-11(9)14/h2-5,8,10H,7H2,1H3,(H,15,16). The molecular formula is C12H12N2O2. The van der Waals surface area contributed by atoms with Crippen LogP contribution in [0.25, 0.3) is 0 Å². The number of nitriles is 1. The summed E-state index contributed by atoms with van der Waals surface area (Å²) in [6.45, 7) is 2.16. The maximum atomic E-state index is 11.1. The Morgan fingerprint density at radius 2 is 2.31 bits per heavy atom. The van der Waals surface area contributed by atoms with E-state index in [1.165, 1.54) is 0 Å². The molecule has 0 fully saturated rings. The summed E-state index contributed by atoms with van der Waals surface area (Å²) in [4.78, 5) is 13.0. The predicted molar refractivity (Wildman–Crippen MR) is 59.2 cm³/mol. The van der Waals surface area contributed by atoms with E-state index in [4.69, 9.17) is 10.4 Å². The molecular weight excluding hydrogens is 204 g/mol. The SMILES string of the molecule is CC(C#N)N1CC(C(=O)O)c2ccccc21. The van der Waals surface area contributed by atoms with E-state index >= 15 is 0 Å². The molecule has 1 aliphatic heterocycles. The smallest absolute Gasteiger partial charge is 0.312 e. The third-order valence-corrected chi connectivity index (χ3v) is 2.95. The first kappa shape index (κ1) is 10.5. The van der Waals surface area contributed by atoms with Crippen LogP contribution in [0, 0.1) is 11.3 Å². The molecule has 0 saturated heterocycles. The number of hydrogen-bond donors (Lipinski definition) is 1. The first-order valence-electron chi connectivity index (χ1n) is 5.13. The van der Waals surface area contributed by atoms with Crippen molar-refractivity contribution >= 4 is 11.7 Å². The summed E-state index contributed by atoms with van der Waals surface area (Å²) in [5, 5.41) is 18.0. The van der Waals surface area contributed by atoms with Crippen LogP contribution in [0.4, 0.5) is 5.69 Å². The van der Waals surface area contributed by atoms with E-state index in [9.17, 15) is 4.79 Å². The lowest BCUT2D eigenvalue weighted by Crippen LogP contribution is -2.32. The highest BCUT2D eigenvalue weighted by molar-refractivity contribution is 5.83. The highest BCUT2D eigenvalue weighted by Crippen LogP contribution is 2.37. The van der Waals surface area contributed by atoms with E-state index < -0.39 is 11.9 Å². The second kappa shape index (κ2) is 3.86. The van der Waals surface area contributed by atoms with Gasteiger partial charge in [-0.25, -0.2) is 0 Å². The zero-order chi connectivity index (χ0) is 11.7. The quantitative estimate of drug-likeness (QED) is 0.815. The zero-order valence-corrected chi connectivity index (χ0v) is 8.92. The molecule has 0 spiro atoms. The number of hydrogen-bond acceptors (Lipinski definition) is 3. The molecule has 82 valence electrons. The Labute approximate surface area is 93.7 Å². The summed E-state index contributed by atoms with van der Waals surface area (Å²) in [5.41, 5.74) is 1.67. The van der Waals surface area contributed by atoms with Crippen LogP contribution >= 0.6 is 0 Å². The van der Waals surface area contributed by atoms with Crippen molar-refractivity contribution in [2.45, 2.75) is 18.9 Å². The number of rotatable bonds is 2. The molecule has 0 radical (unpaired) electrons. The lowest BCUT2D eigenvalue weighted by molar-refractivity contribution is -0.138. The van der Waals surface area contributed by atoms with E-state index in [2.05, 4.69) is 6.07 Å². The van der Waals surface area contributed by atoms with Gasteiger partial charge in [-0.2, -0.15) is 5.26 Å². The maximum Gasteiger partial charge on any atom is 0.312 e. The van der Waals surface area contributed by atoms with Gasteiger partial charge in [0.1, 0.15) is 12.0 Å². The van der Waals surface area contributed by atoms with Gasteiger partial charge in [-0.1, -0.05) is 18.2 Å².